The maximum absolute atomic E-state index is 12.3. The molecule has 5 nitrogen and oxygen atoms in total. The van der Waals surface area contributed by atoms with E-state index in [0.29, 0.717) is 6.54 Å². The van der Waals surface area contributed by atoms with Crippen molar-refractivity contribution in [3.05, 3.63) is 46.7 Å². The standard InChI is InChI=1S/C19H25N3O2S/c1-15(18-7-4-12-25-18)20-19(23)14-21-8-10-22(11-9-21)16-5-3-6-17(13-16)24-2/h3-7,12-13,15H,8-11,14H2,1-2H3,(H,20,23)/t15-/m0/s1. The molecule has 1 fully saturated rings. The summed E-state index contributed by atoms with van der Waals surface area (Å²) in [6.07, 6.45) is 0. The van der Waals surface area contributed by atoms with E-state index in [-0.39, 0.29) is 11.9 Å². The van der Waals surface area contributed by atoms with Gasteiger partial charge in [-0.05, 0) is 30.5 Å². The number of thiophene rings is 1. The second-order valence-electron chi connectivity index (χ2n) is 6.27. The van der Waals surface area contributed by atoms with Crippen molar-refractivity contribution in [2.24, 2.45) is 0 Å². The third-order valence-electron chi connectivity index (χ3n) is 4.51. The summed E-state index contributed by atoms with van der Waals surface area (Å²) in [5, 5.41) is 5.12. The predicted octanol–water partition coefficient (Wildman–Crippen LogP) is 2.76. The number of anilines is 1. The number of carbonyl (C=O) groups is 1. The number of ether oxygens (including phenoxy) is 1. The summed E-state index contributed by atoms with van der Waals surface area (Å²) in [6.45, 7) is 6.10. The monoisotopic (exact) mass is 359 g/mol. The van der Waals surface area contributed by atoms with Gasteiger partial charge < -0.3 is 15.0 Å². The van der Waals surface area contributed by atoms with Crippen molar-refractivity contribution >= 4 is 22.9 Å². The number of methoxy groups -OCH3 is 1. The van der Waals surface area contributed by atoms with E-state index in [9.17, 15) is 4.79 Å². The van der Waals surface area contributed by atoms with Gasteiger partial charge in [-0.25, -0.2) is 0 Å². The van der Waals surface area contributed by atoms with Crippen molar-refractivity contribution in [1.82, 2.24) is 10.2 Å². The molecule has 2 heterocycles. The normalized spacial score (nSPS) is 16.5. The van der Waals surface area contributed by atoms with Gasteiger partial charge in [-0.15, -0.1) is 11.3 Å². The Morgan fingerprint density at radius 1 is 1.24 bits per heavy atom. The van der Waals surface area contributed by atoms with Crippen molar-refractivity contribution in [3.63, 3.8) is 0 Å². The molecule has 25 heavy (non-hydrogen) atoms. The molecular formula is C19H25N3O2S. The molecule has 6 heteroatoms. The highest BCUT2D eigenvalue weighted by Crippen LogP contribution is 2.22. The second-order valence-corrected chi connectivity index (χ2v) is 7.25. The first-order chi connectivity index (χ1) is 12.2. The van der Waals surface area contributed by atoms with Crippen LogP contribution >= 0.6 is 11.3 Å². The van der Waals surface area contributed by atoms with Gasteiger partial charge in [0.1, 0.15) is 5.75 Å². The Labute approximate surface area is 153 Å². The zero-order valence-corrected chi connectivity index (χ0v) is 15.6. The van der Waals surface area contributed by atoms with Gasteiger partial charge in [0.2, 0.25) is 5.91 Å². The molecule has 1 aliphatic rings. The lowest BCUT2D eigenvalue weighted by Gasteiger charge is -2.36. The molecule has 1 saturated heterocycles. The Hall–Kier alpha value is -2.05. The van der Waals surface area contributed by atoms with Gasteiger partial charge in [0, 0.05) is 42.8 Å². The summed E-state index contributed by atoms with van der Waals surface area (Å²) < 4.78 is 5.30. The van der Waals surface area contributed by atoms with E-state index in [2.05, 4.69) is 33.3 Å². The first kappa shape index (κ1) is 17.8. The molecule has 3 rings (SSSR count). The van der Waals surface area contributed by atoms with E-state index in [1.807, 2.05) is 30.5 Å². The summed E-state index contributed by atoms with van der Waals surface area (Å²) in [5.41, 5.74) is 1.18. The summed E-state index contributed by atoms with van der Waals surface area (Å²) in [4.78, 5) is 18.0. The van der Waals surface area contributed by atoms with E-state index in [4.69, 9.17) is 4.74 Å². The Kier molecular flexibility index (Phi) is 5.94. The zero-order valence-electron chi connectivity index (χ0n) is 14.8. The number of nitrogens with zero attached hydrogens (tertiary/aromatic N) is 2. The molecular weight excluding hydrogens is 334 g/mol. The summed E-state index contributed by atoms with van der Waals surface area (Å²) in [5.74, 6) is 0.970. The maximum atomic E-state index is 12.3. The number of rotatable bonds is 6. The Morgan fingerprint density at radius 2 is 2.04 bits per heavy atom. The molecule has 1 aromatic heterocycles. The smallest absolute Gasteiger partial charge is 0.234 e. The van der Waals surface area contributed by atoms with Crippen molar-refractivity contribution in [3.8, 4) is 5.75 Å². The maximum Gasteiger partial charge on any atom is 0.234 e. The molecule has 1 aromatic carbocycles. The first-order valence-corrected chi connectivity index (χ1v) is 9.48. The van der Waals surface area contributed by atoms with Crippen molar-refractivity contribution in [2.75, 3.05) is 44.7 Å². The fraction of sp³-hybridized carbons (Fsp3) is 0.421. The highest BCUT2D eigenvalue weighted by atomic mass is 32.1. The third kappa shape index (κ3) is 4.74. The highest BCUT2D eigenvalue weighted by molar-refractivity contribution is 7.10. The van der Waals surface area contributed by atoms with Crippen LogP contribution in [0.4, 0.5) is 5.69 Å². The number of piperazine rings is 1. The molecule has 134 valence electrons. The zero-order chi connectivity index (χ0) is 17.6. The number of nitrogens with one attached hydrogen (secondary N) is 1. The van der Waals surface area contributed by atoms with Crippen LogP contribution in [-0.2, 0) is 4.79 Å². The minimum absolute atomic E-state index is 0.0746. The minimum Gasteiger partial charge on any atom is -0.497 e. The van der Waals surface area contributed by atoms with E-state index in [1.165, 1.54) is 10.6 Å². The highest BCUT2D eigenvalue weighted by Gasteiger charge is 2.20. The predicted molar refractivity (Wildman–Crippen MR) is 103 cm³/mol. The fourth-order valence-corrected chi connectivity index (χ4v) is 3.80. The van der Waals surface area contributed by atoms with Crippen LogP contribution in [0.5, 0.6) is 5.75 Å². The average molecular weight is 359 g/mol. The lowest BCUT2D eigenvalue weighted by molar-refractivity contribution is -0.122. The molecule has 1 N–H and O–H groups in total. The van der Waals surface area contributed by atoms with E-state index in [1.54, 1.807) is 18.4 Å². The van der Waals surface area contributed by atoms with E-state index in [0.717, 1.165) is 31.9 Å². The molecule has 0 radical (unpaired) electrons. The molecule has 0 spiro atoms. The summed E-state index contributed by atoms with van der Waals surface area (Å²) in [7, 11) is 1.69. The molecule has 1 amide bonds. The largest absolute Gasteiger partial charge is 0.497 e. The minimum atomic E-state index is 0.0746. The second kappa shape index (κ2) is 8.36. The molecule has 1 aliphatic heterocycles. The quantitative estimate of drug-likeness (QED) is 0.861. The van der Waals surface area contributed by atoms with Gasteiger partial charge in [-0.3, -0.25) is 9.69 Å². The first-order valence-electron chi connectivity index (χ1n) is 8.60. The Bertz CT molecular complexity index is 682. The van der Waals surface area contributed by atoms with E-state index < -0.39 is 0 Å². The lowest BCUT2D eigenvalue weighted by atomic mass is 10.2. The summed E-state index contributed by atoms with van der Waals surface area (Å²) >= 11 is 1.67. The number of amides is 1. The fourth-order valence-electron chi connectivity index (χ4n) is 3.07. The van der Waals surface area contributed by atoms with Gasteiger partial charge in [0.25, 0.3) is 0 Å². The van der Waals surface area contributed by atoms with E-state index >= 15 is 0 Å². The Balaban J connectivity index is 1.46. The average Bonchev–Trinajstić information content (AvgIpc) is 3.17. The van der Waals surface area contributed by atoms with Crippen molar-refractivity contribution in [2.45, 2.75) is 13.0 Å². The molecule has 0 saturated carbocycles. The SMILES string of the molecule is COc1cccc(N2CCN(CC(=O)N[C@@H](C)c3cccs3)CC2)c1. The molecule has 0 unspecified atom stereocenters. The van der Waals surface area contributed by atoms with Crippen LogP contribution in [-0.4, -0.2) is 50.6 Å². The van der Waals surface area contributed by atoms with Crippen LogP contribution in [0.1, 0.15) is 17.8 Å². The van der Waals surface area contributed by atoms with Crippen molar-refractivity contribution in [1.29, 1.82) is 0 Å². The van der Waals surface area contributed by atoms with Gasteiger partial charge in [-0.2, -0.15) is 0 Å². The van der Waals surface area contributed by atoms with Crippen LogP contribution in [0.2, 0.25) is 0 Å². The van der Waals surface area contributed by atoms with Crippen LogP contribution in [0.15, 0.2) is 41.8 Å². The lowest BCUT2D eigenvalue weighted by Crippen LogP contribution is -2.49. The molecule has 2 aromatic rings. The summed E-state index contributed by atoms with van der Waals surface area (Å²) in [6, 6.07) is 12.3. The van der Waals surface area contributed by atoms with Crippen LogP contribution in [0.3, 0.4) is 0 Å². The van der Waals surface area contributed by atoms with Crippen LogP contribution < -0.4 is 15.0 Å². The molecule has 0 aliphatic carbocycles. The van der Waals surface area contributed by atoms with Gasteiger partial charge >= 0.3 is 0 Å². The van der Waals surface area contributed by atoms with Crippen LogP contribution in [0, 0.1) is 0 Å². The van der Waals surface area contributed by atoms with Gasteiger partial charge in [0.05, 0.1) is 19.7 Å². The number of hydrogen-bond acceptors (Lipinski definition) is 5. The van der Waals surface area contributed by atoms with Crippen molar-refractivity contribution < 1.29 is 9.53 Å². The Morgan fingerprint density at radius 3 is 2.72 bits per heavy atom. The third-order valence-corrected chi connectivity index (χ3v) is 5.56. The topological polar surface area (TPSA) is 44.8 Å². The molecule has 1 atom stereocenters. The van der Waals surface area contributed by atoms with Gasteiger partial charge in [0.15, 0.2) is 0 Å². The number of benzene rings is 1. The number of hydrogen-bond donors (Lipinski definition) is 1. The van der Waals surface area contributed by atoms with Crippen LogP contribution in [0.25, 0.3) is 0 Å². The van der Waals surface area contributed by atoms with Gasteiger partial charge in [-0.1, -0.05) is 12.1 Å². The molecule has 0 bridgehead atoms. The number of carbonyl (C=O) groups excluding carboxylic acids is 1.